The van der Waals surface area contributed by atoms with Crippen molar-refractivity contribution in [2.75, 3.05) is 0 Å². The quantitative estimate of drug-likeness (QED) is 0.188. The summed E-state index contributed by atoms with van der Waals surface area (Å²) in [4.78, 5) is 14.0. The van der Waals surface area contributed by atoms with Crippen LogP contribution >= 0.6 is 27.6 Å². The Bertz CT molecular complexity index is 1210. The first-order chi connectivity index (χ1) is 14.6. The van der Waals surface area contributed by atoms with Crippen LogP contribution in [0.5, 0.6) is 0 Å². The van der Waals surface area contributed by atoms with E-state index in [-0.39, 0.29) is 0 Å². The van der Waals surface area contributed by atoms with Gasteiger partial charge in [-0.05, 0) is 35.0 Å². The van der Waals surface area contributed by atoms with Gasteiger partial charge >= 0.3 is 42.8 Å². The number of fused-ring (bicyclic) bond motifs is 2. The van der Waals surface area contributed by atoms with E-state index in [1.54, 1.807) is 0 Å². The molecule has 30 heavy (non-hydrogen) atoms. The van der Waals surface area contributed by atoms with Crippen LogP contribution in [0, 0.1) is 0 Å². The van der Waals surface area contributed by atoms with Crippen molar-refractivity contribution < 1.29 is 15.2 Å². The van der Waals surface area contributed by atoms with Crippen molar-refractivity contribution in [3.05, 3.63) is 91.3 Å². The summed E-state index contributed by atoms with van der Waals surface area (Å²) in [5.74, 6) is 0. The number of nitrogens with zero attached hydrogens (tertiary/aromatic N) is 3. The molecule has 0 unspecified atom stereocenters. The minimum atomic E-state index is -1.79. The molecular formula is C23H15AuCl3N3. The average molecular weight is 637 g/mol. The van der Waals surface area contributed by atoms with Crippen LogP contribution in [0.25, 0.3) is 44.3 Å². The minimum absolute atomic E-state index is 0.850. The Kier molecular flexibility index (Phi) is 7.00. The number of aromatic nitrogens is 3. The van der Waals surface area contributed by atoms with Crippen molar-refractivity contribution in [1.82, 2.24) is 15.0 Å². The third kappa shape index (κ3) is 5.19. The van der Waals surface area contributed by atoms with Gasteiger partial charge in [-0.25, -0.2) is 4.98 Å². The van der Waals surface area contributed by atoms with E-state index in [4.69, 9.17) is 32.6 Å². The van der Waals surface area contributed by atoms with E-state index < -0.39 is 15.2 Å². The standard InChI is InChI=1S/C23H15N3.Au.3ClH/c1-3-8-18-14-24-22(12-16(18)6-1)20-10-5-11-21(26-20)23-13-17-7-2-4-9-19(17)15-25-23;;;;/h1-15H;;3*1H/q;+3;;;/p-3. The fourth-order valence-corrected chi connectivity index (χ4v) is 3.17. The molecule has 3 aromatic heterocycles. The predicted octanol–water partition coefficient (Wildman–Crippen LogP) is 7.58. The summed E-state index contributed by atoms with van der Waals surface area (Å²) in [6.45, 7) is 0. The molecule has 0 N–H and O–H groups in total. The molecule has 0 atom stereocenters. The molecule has 0 radical (unpaired) electrons. The van der Waals surface area contributed by atoms with Crippen LogP contribution in [0.4, 0.5) is 0 Å². The van der Waals surface area contributed by atoms with Crippen LogP contribution in [-0.4, -0.2) is 15.0 Å². The molecular weight excluding hydrogens is 622 g/mol. The van der Waals surface area contributed by atoms with Gasteiger partial charge in [0.25, 0.3) is 0 Å². The number of rotatable bonds is 2. The van der Waals surface area contributed by atoms with Gasteiger partial charge in [0.1, 0.15) is 0 Å². The number of benzene rings is 2. The molecule has 0 aliphatic rings. The summed E-state index contributed by atoms with van der Waals surface area (Å²) in [7, 11) is 14.9. The molecule has 2 aromatic carbocycles. The number of pyridine rings is 3. The molecule has 0 aliphatic heterocycles. The van der Waals surface area contributed by atoms with Crippen LogP contribution in [-0.2, 0) is 15.2 Å². The molecule has 0 saturated heterocycles. The predicted molar refractivity (Wildman–Crippen MR) is 123 cm³/mol. The van der Waals surface area contributed by atoms with Gasteiger partial charge in [-0.15, -0.1) is 0 Å². The number of hydrogen-bond donors (Lipinski definition) is 0. The number of halogens is 3. The normalized spacial score (nSPS) is 11.1. The van der Waals surface area contributed by atoms with Gasteiger partial charge in [0.15, 0.2) is 0 Å². The fraction of sp³-hybridized carbons (Fsp3) is 0. The van der Waals surface area contributed by atoms with E-state index in [1.165, 1.54) is 0 Å². The van der Waals surface area contributed by atoms with Crippen molar-refractivity contribution in [1.29, 1.82) is 0 Å². The summed E-state index contributed by atoms with van der Waals surface area (Å²) in [5.41, 5.74) is 3.43. The summed E-state index contributed by atoms with van der Waals surface area (Å²) >= 11 is -1.79. The van der Waals surface area contributed by atoms with E-state index >= 15 is 0 Å². The minimum Gasteiger partial charge on any atom is -0.254 e. The maximum absolute atomic E-state index is 4.95. The Morgan fingerprint density at radius 3 is 1.33 bits per heavy atom. The second-order valence-electron chi connectivity index (χ2n) is 6.37. The van der Waals surface area contributed by atoms with Gasteiger partial charge in [-0.1, -0.05) is 54.6 Å². The Hall–Kier alpha value is -1.98. The van der Waals surface area contributed by atoms with Crippen LogP contribution in [0.1, 0.15) is 0 Å². The largest absolute Gasteiger partial charge is 0.254 e. The van der Waals surface area contributed by atoms with E-state index in [0.29, 0.717) is 0 Å². The van der Waals surface area contributed by atoms with Crippen LogP contribution in [0.15, 0.2) is 91.3 Å². The van der Waals surface area contributed by atoms with Crippen molar-refractivity contribution in [2.45, 2.75) is 0 Å². The first-order valence-electron chi connectivity index (χ1n) is 8.88. The maximum atomic E-state index is 4.95. The molecule has 3 nitrogen and oxygen atoms in total. The molecule has 154 valence electrons. The van der Waals surface area contributed by atoms with Crippen LogP contribution < -0.4 is 0 Å². The van der Waals surface area contributed by atoms with Crippen LogP contribution in [0.2, 0.25) is 0 Å². The molecule has 0 spiro atoms. The van der Waals surface area contributed by atoms with Gasteiger partial charge in [0, 0.05) is 23.2 Å². The van der Waals surface area contributed by atoms with E-state index in [0.717, 1.165) is 44.3 Å². The zero-order chi connectivity index (χ0) is 20.9. The molecule has 0 bridgehead atoms. The number of hydrogen-bond acceptors (Lipinski definition) is 3. The first-order valence-corrected chi connectivity index (χ1v) is 16.9. The molecule has 0 saturated carbocycles. The zero-order valence-electron chi connectivity index (χ0n) is 15.4. The van der Waals surface area contributed by atoms with Gasteiger partial charge in [0.2, 0.25) is 0 Å². The van der Waals surface area contributed by atoms with E-state index in [2.05, 4.69) is 46.4 Å². The topological polar surface area (TPSA) is 38.7 Å². The molecule has 7 heteroatoms. The van der Waals surface area contributed by atoms with Gasteiger partial charge in [-0.2, -0.15) is 0 Å². The average Bonchev–Trinajstić information content (AvgIpc) is 2.78. The van der Waals surface area contributed by atoms with E-state index in [9.17, 15) is 0 Å². The summed E-state index contributed by atoms with van der Waals surface area (Å²) in [6.07, 6.45) is 3.79. The molecule has 0 amide bonds. The smallest absolute Gasteiger partial charge is 0.0894 e. The fourth-order valence-electron chi connectivity index (χ4n) is 3.17. The summed E-state index contributed by atoms with van der Waals surface area (Å²) in [6, 6.07) is 26.6. The summed E-state index contributed by atoms with van der Waals surface area (Å²) in [5, 5.41) is 4.58. The van der Waals surface area contributed by atoms with Gasteiger partial charge in [0.05, 0.1) is 22.8 Å². The molecule has 5 aromatic rings. The SMILES string of the molecule is [Cl][Au]([Cl])[Cl].c1cc(-c2cc3ccccc3cn2)nc(-c2cc3ccccc3cn2)c1. The van der Waals surface area contributed by atoms with Crippen molar-refractivity contribution in [2.24, 2.45) is 0 Å². The Labute approximate surface area is 192 Å². The molecule has 0 fully saturated rings. The van der Waals surface area contributed by atoms with Crippen molar-refractivity contribution in [3.63, 3.8) is 0 Å². The summed E-state index contributed by atoms with van der Waals surface area (Å²) < 4.78 is 0. The second-order valence-corrected chi connectivity index (χ2v) is 15.8. The van der Waals surface area contributed by atoms with Gasteiger partial charge in [-0.3, -0.25) is 9.97 Å². The maximum Gasteiger partial charge on any atom is 0.0894 e. The second kappa shape index (κ2) is 9.88. The zero-order valence-corrected chi connectivity index (χ0v) is 19.9. The Morgan fingerprint density at radius 1 is 0.500 bits per heavy atom. The van der Waals surface area contributed by atoms with Crippen LogP contribution in [0.3, 0.4) is 0 Å². The van der Waals surface area contributed by atoms with E-state index in [1.807, 2.05) is 54.9 Å². The third-order valence-corrected chi connectivity index (χ3v) is 4.54. The monoisotopic (exact) mass is 635 g/mol. The first kappa shape index (κ1) is 21.3. The third-order valence-electron chi connectivity index (χ3n) is 4.54. The molecule has 0 aliphatic carbocycles. The van der Waals surface area contributed by atoms with Gasteiger partial charge < -0.3 is 0 Å². The Balaban J connectivity index is 0.000000503. The Morgan fingerprint density at radius 2 is 0.900 bits per heavy atom. The van der Waals surface area contributed by atoms with Crippen molar-refractivity contribution in [3.8, 4) is 22.8 Å². The van der Waals surface area contributed by atoms with Crippen molar-refractivity contribution >= 4 is 49.1 Å². The molecule has 5 rings (SSSR count). The molecule has 3 heterocycles.